The van der Waals surface area contributed by atoms with Crippen molar-refractivity contribution in [3.05, 3.63) is 252 Å². The van der Waals surface area contributed by atoms with E-state index in [1.807, 2.05) is 119 Å². The van der Waals surface area contributed by atoms with E-state index in [0.717, 1.165) is 0 Å². The smallest absolute Gasteiger partial charge is 0.276 e. The number of nitriles is 3. The Labute approximate surface area is 869 Å². The number of nitrogens with two attached hydrogens (primary N) is 3. The molecule has 3 aliphatic rings. The number of amides is 3. The van der Waals surface area contributed by atoms with Crippen molar-refractivity contribution in [2.45, 2.75) is 158 Å². The van der Waals surface area contributed by atoms with Gasteiger partial charge < -0.3 is 46.6 Å². The first-order chi connectivity index (χ1) is 66.5. The van der Waals surface area contributed by atoms with Crippen molar-refractivity contribution >= 4 is 224 Å². The van der Waals surface area contributed by atoms with Crippen LogP contribution >= 0.6 is 139 Å². The number of hydrogen-bond donors (Lipinski definition) is 3. The summed E-state index contributed by atoms with van der Waals surface area (Å²) in [4.78, 5) is 121. The van der Waals surface area contributed by atoms with Crippen molar-refractivity contribution < 1.29 is 27.6 Å². The van der Waals surface area contributed by atoms with E-state index in [1.54, 1.807) is 69.7 Å². The van der Waals surface area contributed by atoms with Gasteiger partial charge in [-0.15, -0.1) is 0 Å². The van der Waals surface area contributed by atoms with Crippen LogP contribution in [-0.4, -0.2) is 152 Å². The van der Waals surface area contributed by atoms with Gasteiger partial charge in [0.2, 0.25) is 17.7 Å². The molecule has 15 rings (SSSR count). The minimum absolute atomic E-state index is 0.00668. The fourth-order valence-electron chi connectivity index (χ4n) is 18.9. The molecule has 42 heteroatoms. The number of nitrogens with zero attached hydrogens (tertiary/aromatic N) is 18. The van der Waals surface area contributed by atoms with E-state index in [4.69, 9.17) is 171 Å². The average molecular weight is 2150 g/mol. The van der Waals surface area contributed by atoms with Gasteiger partial charge >= 0.3 is 0 Å². The molecule has 0 unspecified atom stereocenters. The fourth-order valence-corrected chi connectivity index (χ4v) is 21.7. The number of hydrogen-bond acceptors (Lipinski definition) is 21. The Hall–Kier alpha value is -11.6. The molecule has 9 aromatic heterocycles. The largest absolute Gasteiger partial charge is 0.396 e. The third-order valence-corrected chi connectivity index (χ3v) is 29.7. The van der Waals surface area contributed by atoms with Crippen molar-refractivity contribution in [3.8, 4) is 69.0 Å². The third-order valence-electron chi connectivity index (χ3n) is 25.0. The van der Waals surface area contributed by atoms with Gasteiger partial charge in [-0.2, -0.15) is 15.8 Å². The zero-order valence-corrected chi connectivity index (χ0v) is 87.5. The number of carbonyl (C=O) groups excluding carboxylic acids is 3. The van der Waals surface area contributed by atoms with Gasteiger partial charge in [0.1, 0.15) is 51.8 Å². The SMILES string of the molecule is C=CC(=O)N1[C@H](C)CN(c2c(C#N)c(=O)n(-c3c(C)ccnc3C(C)C)c3nc(-c4c(N)c(F)c(Cl)c(Cl)c4Cl)c(Cl)cc23)C[C@@H]1C.C=CC(=O)N1[C@H](C)CN(c2c(C#N)c(=O)n(-c3c(C)ccnc3C(C)C)c3nc(-c4c(N)c(F)c(Cl)c(Cl)c4Cl)c(Cl)cc23)C[C@@H]1C.C=CC(=O)N1[C@H](C)CN(c2c(C#N)c(=O)n(-c3c(C)ccnc3C(C)C)c3nc(-c4c(N)c(F)c(Cl)c(Cl)c4Cl)c(Cl)cc23)C[C@@H]1C. The lowest BCUT2D eigenvalue weighted by atomic mass is 10.0. The number of fused-ring (bicyclic) bond motifs is 3. The number of nitrogen functional groups attached to an aromatic ring is 3. The first-order valence-corrected chi connectivity index (χ1v) is 48.4. The van der Waals surface area contributed by atoms with Gasteiger partial charge in [-0.1, -0.05) is 200 Å². The van der Waals surface area contributed by atoms with Gasteiger partial charge in [0.05, 0.1) is 146 Å². The quantitative estimate of drug-likeness (QED) is 0.0371. The molecular formula is C99H90Cl12F3N21O6. The Kier molecular flexibility index (Phi) is 31.9. The Balaban J connectivity index is 0.000000178. The van der Waals surface area contributed by atoms with E-state index < -0.39 is 66.3 Å². The second kappa shape index (κ2) is 42.1. The Bertz CT molecular complexity index is 6860. The molecule has 6 atom stereocenters. The molecule has 0 spiro atoms. The molecule has 0 bridgehead atoms. The van der Waals surface area contributed by atoms with Gasteiger partial charge in [-0.25, -0.2) is 28.1 Å². The maximum atomic E-state index is 15.1. The summed E-state index contributed by atoms with van der Waals surface area (Å²) in [5, 5.41) is 29.9. The number of rotatable bonds is 15. The van der Waals surface area contributed by atoms with Crippen molar-refractivity contribution in [3.63, 3.8) is 0 Å². The van der Waals surface area contributed by atoms with E-state index in [0.29, 0.717) is 84.1 Å². The summed E-state index contributed by atoms with van der Waals surface area (Å²) in [5.41, 5.74) is 20.6. The maximum absolute atomic E-state index is 15.1. The number of aromatic nitrogens is 9. The molecule has 0 radical (unpaired) electrons. The molecule has 12 heterocycles. The van der Waals surface area contributed by atoms with E-state index >= 15 is 13.2 Å². The predicted octanol–water partition coefficient (Wildman–Crippen LogP) is 23.1. The number of carbonyl (C=O) groups is 3. The number of aryl methyl sites for hydroxylation is 3. The van der Waals surface area contributed by atoms with Gasteiger partial charge in [0.25, 0.3) is 16.7 Å². The Morgan fingerprint density at radius 2 is 0.596 bits per heavy atom. The maximum Gasteiger partial charge on any atom is 0.276 e. The van der Waals surface area contributed by atoms with Gasteiger partial charge in [-0.3, -0.25) is 57.4 Å². The van der Waals surface area contributed by atoms with Gasteiger partial charge in [-0.05, 0) is 151 Å². The molecule has 3 saturated heterocycles. The molecule has 3 fully saturated rings. The van der Waals surface area contributed by atoms with Crippen LogP contribution in [0.4, 0.5) is 47.3 Å². The summed E-state index contributed by atoms with van der Waals surface area (Å²) in [6.45, 7) is 40.9. The highest BCUT2D eigenvalue weighted by molar-refractivity contribution is 6.52. The first-order valence-electron chi connectivity index (χ1n) is 43.9. The molecule has 732 valence electrons. The van der Waals surface area contributed by atoms with Gasteiger partial charge in [0.15, 0.2) is 17.5 Å². The lowest BCUT2D eigenvalue weighted by Crippen LogP contribution is -2.58. The van der Waals surface area contributed by atoms with Crippen LogP contribution in [0.1, 0.15) is 151 Å². The van der Waals surface area contributed by atoms with E-state index in [1.165, 1.54) is 31.9 Å². The van der Waals surface area contributed by atoms with Crippen molar-refractivity contribution in [1.82, 2.24) is 58.3 Å². The first kappa shape index (κ1) is 107. The monoisotopic (exact) mass is 2150 g/mol. The predicted molar refractivity (Wildman–Crippen MR) is 560 cm³/mol. The minimum Gasteiger partial charge on any atom is -0.396 e. The van der Waals surface area contributed by atoms with Crippen molar-refractivity contribution in [2.24, 2.45) is 0 Å². The van der Waals surface area contributed by atoms with Crippen LogP contribution in [0.15, 0.2) is 107 Å². The normalized spacial score (nSPS) is 16.6. The second-order valence-electron chi connectivity index (χ2n) is 35.3. The molecule has 12 aromatic rings. The summed E-state index contributed by atoms with van der Waals surface area (Å²) in [5.74, 6) is -4.09. The summed E-state index contributed by atoms with van der Waals surface area (Å²) in [6.07, 6.45) is 8.70. The van der Waals surface area contributed by atoms with E-state index in [-0.39, 0.29) is 224 Å². The molecule has 141 heavy (non-hydrogen) atoms. The number of piperazine rings is 3. The highest BCUT2D eigenvalue weighted by atomic mass is 35.5. The molecule has 0 saturated carbocycles. The van der Waals surface area contributed by atoms with Crippen LogP contribution in [0, 0.1) is 72.2 Å². The molecule has 0 aliphatic carbocycles. The Morgan fingerprint density at radius 3 is 0.787 bits per heavy atom. The molecule has 3 aromatic carbocycles. The van der Waals surface area contributed by atoms with Crippen LogP contribution in [0.25, 0.3) is 83.9 Å². The zero-order chi connectivity index (χ0) is 104. The number of benzene rings is 3. The summed E-state index contributed by atoms with van der Waals surface area (Å²) < 4.78 is 49.4. The lowest BCUT2D eigenvalue weighted by Gasteiger charge is -2.45. The number of pyridine rings is 9. The van der Waals surface area contributed by atoms with Crippen molar-refractivity contribution in [1.29, 1.82) is 15.8 Å². The van der Waals surface area contributed by atoms with Crippen LogP contribution in [0.5, 0.6) is 0 Å². The molecule has 27 nitrogen and oxygen atoms in total. The summed E-state index contributed by atoms with van der Waals surface area (Å²) in [6, 6.07) is 14.4. The third kappa shape index (κ3) is 18.8. The molecule has 3 aliphatic heterocycles. The molecule has 3 amide bonds. The minimum atomic E-state index is -1.01. The summed E-state index contributed by atoms with van der Waals surface area (Å²) >= 11 is 77.3. The van der Waals surface area contributed by atoms with Crippen LogP contribution in [0.2, 0.25) is 60.3 Å². The average Bonchev–Trinajstić information content (AvgIpc) is 0.725. The fraction of sp³-hybridized carbons (Fsp3) is 0.303. The zero-order valence-electron chi connectivity index (χ0n) is 78.4. The van der Waals surface area contributed by atoms with Gasteiger partial charge in [0, 0.05) is 127 Å². The number of halogens is 15. The highest BCUT2D eigenvalue weighted by Crippen LogP contribution is 2.53. The molecule has 6 N–H and O–H groups in total. The van der Waals surface area contributed by atoms with Crippen LogP contribution in [-0.2, 0) is 14.4 Å². The second-order valence-corrected chi connectivity index (χ2v) is 40.0. The van der Waals surface area contributed by atoms with E-state index in [2.05, 4.69) is 52.9 Å². The topological polar surface area (TPSA) is 363 Å². The van der Waals surface area contributed by atoms with Crippen LogP contribution < -0.4 is 48.6 Å². The standard InChI is InChI=1S/3C33H30Cl4FN7O2/c3*1-7-21(46)44-16(5)12-43(13-17(44)6)31-18-10-20(34)29(22-23(35)24(36)25(37)26(38)27(22)40)42-32(18)45(33(47)19(31)11-39)30-15(4)8-9-41-28(30)14(2)3/h3*7-10,14,16-17H,1,12-13,40H2,2-6H3/t3*16-,17+. The highest BCUT2D eigenvalue weighted by Gasteiger charge is 2.42. The Morgan fingerprint density at radius 1 is 0.383 bits per heavy atom. The molecular weight excluding hydrogens is 2060 g/mol. The lowest BCUT2D eigenvalue weighted by molar-refractivity contribution is -0.131. The van der Waals surface area contributed by atoms with E-state index in [9.17, 15) is 44.6 Å². The number of anilines is 6. The van der Waals surface area contributed by atoms with Crippen LogP contribution in [0.3, 0.4) is 0 Å². The summed E-state index contributed by atoms with van der Waals surface area (Å²) in [7, 11) is 0. The van der Waals surface area contributed by atoms with Crippen molar-refractivity contribution in [2.75, 3.05) is 71.2 Å².